The summed E-state index contributed by atoms with van der Waals surface area (Å²) in [7, 11) is 0. The van der Waals surface area contributed by atoms with Crippen molar-refractivity contribution in [1.82, 2.24) is 5.32 Å². The van der Waals surface area contributed by atoms with Crippen LogP contribution in [0.1, 0.15) is 20.3 Å². The third-order valence-corrected chi connectivity index (χ3v) is 2.33. The number of hydrogen-bond donors (Lipinski definition) is 2. The van der Waals surface area contributed by atoms with E-state index in [0.29, 0.717) is 5.75 Å². The lowest BCUT2D eigenvalue weighted by Gasteiger charge is -2.20. The molecule has 0 aliphatic carbocycles. The average molecular weight is 251 g/mol. The molecule has 5 nitrogen and oxygen atoms in total. The highest BCUT2D eigenvalue weighted by molar-refractivity contribution is 5.86. The standard InChI is InChI=1S/C13H17NO4/c1-13(2,12(16)17)14-11(15)8-9-18-10-6-4-3-5-7-10/h3-7H,8-9H2,1-2H3,(H,14,15)(H,16,17). The minimum atomic E-state index is -1.26. The maximum Gasteiger partial charge on any atom is 0.328 e. The van der Waals surface area contributed by atoms with Gasteiger partial charge in [0.1, 0.15) is 11.3 Å². The fraction of sp³-hybridized carbons (Fsp3) is 0.385. The second-order valence-electron chi connectivity index (χ2n) is 4.39. The Kier molecular flexibility index (Phi) is 4.71. The molecule has 1 aromatic carbocycles. The van der Waals surface area contributed by atoms with Crippen molar-refractivity contribution in [2.75, 3.05) is 6.61 Å². The van der Waals surface area contributed by atoms with Crippen LogP contribution in [0.25, 0.3) is 0 Å². The first-order valence-corrected chi connectivity index (χ1v) is 5.64. The molecule has 0 unspecified atom stereocenters. The summed E-state index contributed by atoms with van der Waals surface area (Å²) < 4.78 is 5.34. The highest BCUT2D eigenvalue weighted by Crippen LogP contribution is 2.08. The van der Waals surface area contributed by atoms with Crippen LogP contribution in [-0.4, -0.2) is 29.1 Å². The zero-order valence-electron chi connectivity index (χ0n) is 10.5. The number of carbonyl (C=O) groups is 2. The normalized spacial score (nSPS) is 10.8. The van der Waals surface area contributed by atoms with Gasteiger partial charge in [0.25, 0.3) is 0 Å². The number of amides is 1. The van der Waals surface area contributed by atoms with E-state index in [0.717, 1.165) is 0 Å². The third kappa shape index (κ3) is 4.45. The van der Waals surface area contributed by atoms with Crippen LogP contribution in [0.3, 0.4) is 0 Å². The second kappa shape index (κ2) is 6.05. The number of carbonyl (C=O) groups excluding carboxylic acids is 1. The molecule has 0 radical (unpaired) electrons. The van der Waals surface area contributed by atoms with Crippen molar-refractivity contribution in [2.45, 2.75) is 25.8 Å². The van der Waals surface area contributed by atoms with Crippen molar-refractivity contribution >= 4 is 11.9 Å². The largest absolute Gasteiger partial charge is 0.493 e. The molecule has 0 aromatic heterocycles. The molecule has 0 spiro atoms. The zero-order valence-corrected chi connectivity index (χ0v) is 10.5. The van der Waals surface area contributed by atoms with Gasteiger partial charge in [-0.2, -0.15) is 0 Å². The molecule has 0 atom stereocenters. The minimum absolute atomic E-state index is 0.117. The lowest BCUT2D eigenvalue weighted by molar-refractivity contribution is -0.146. The first kappa shape index (κ1) is 14.0. The Morgan fingerprint density at radius 1 is 1.28 bits per heavy atom. The van der Waals surface area contributed by atoms with Gasteiger partial charge < -0.3 is 15.2 Å². The van der Waals surface area contributed by atoms with Gasteiger partial charge in [-0.05, 0) is 26.0 Å². The van der Waals surface area contributed by atoms with Crippen LogP contribution in [0.5, 0.6) is 5.75 Å². The molecular formula is C13H17NO4. The van der Waals surface area contributed by atoms with E-state index in [9.17, 15) is 9.59 Å². The van der Waals surface area contributed by atoms with E-state index in [1.54, 1.807) is 12.1 Å². The Morgan fingerprint density at radius 3 is 2.44 bits per heavy atom. The van der Waals surface area contributed by atoms with E-state index in [-0.39, 0.29) is 18.9 Å². The summed E-state index contributed by atoms with van der Waals surface area (Å²) >= 11 is 0. The molecule has 0 bridgehead atoms. The lowest BCUT2D eigenvalue weighted by atomic mass is 10.1. The Morgan fingerprint density at radius 2 is 1.89 bits per heavy atom. The quantitative estimate of drug-likeness (QED) is 0.802. The molecule has 0 saturated carbocycles. The van der Waals surface area contributed by atoms with Gasteiger partial charge in [-0.15, -0.1) is 0 Å². The molecule has 0 aliphatic rings. The van der Waals surface area contributed by atoms with E-state index >= 15 is 0 Å². The van der Waals surface area contributed by atoms with Crippen LogP contribution in [-0.2, 0) is 9.59 Å². The van der Waals surface area contributed by atoms with E-state index in [1.165, 1.54) is 13.8 Å². The molecule has 0 saturated heterocycles. The lowest BCUT2D eigenvalue weighted by Crippen LogP contribution is -2.49. The van der Waals surface area contributed by atoms with Crippen LogP contribution in [0.2, 0.25) is 0 Å². The summed E-state index contributed by atoms with van der Waals surface area (Å²) in [6.45, 7) is 3.09. The van der Waals surface area contributed by atoms with E-state index < -0.39 is 11.5 Å². The Hall–Kier alpha value is -2.04. The third-order valence-electron chi connectivity index (χ3n) is 2.33. The zero-order chi connectivity index (χ0) is 13.6. The number of aliphatic carboxylic acids is 1. The number of hydrogen-bond acceptors (Lipinski definition) is 3. The number of carboxylic acids is 1. The number of carboxylic acid groups (broad SMARTS) is 1. The predicted molar refractivity (Wildman–Crippen MR) is 66.4 cm³/mol. The van der Waals surface area contributed by atoms with Gasteiger partial charge in [-0.25, -0.2) is 4.79 Å². The van der Waals surface area contributed by atoms with Crippen molar-refractivity contribution in [3.05, 3.63) is 30.3 Å². The van der Waals surface area contributed by atoms with Crippen molar-refractivity contribution < 1.29 is 19.4 Å². The highest BCUT2D eigenvalue weighted by atomic mass is 16.5. The van der Waals surface area contributed by atoms with Crippen LogP contribution in [0.15, 0.2) is 30.3 Å². The summed E-state index contributed by atoms with van der Waals surface area (Å²) in [5, 5.41) is 11.3. The van der Waals surface area contributed by atoms with E-state index in [4.69, 9.17) is 9.84 Å². The first-order chi connectivity index (χ1) is 8.42. The predicted octanol–water partition coefficient (Wildman–Crippen LogP) is 1.43. The summed E-state index contributed by atoms with van der Waals surface area (Å²) in [6.07, 6.45) is 0.117. The number of ether oxygens (including phenoxy) is 1. The second-order valence-corrected chi connectivity index (χ2v) is 4.39. The van der Waals surface area contributed by atoms with Crippen molar-refractivity contribution in [2.24, 2.45) is 0 Å². The Balaban J connectivity index is 2.32. The van der Waals surface area contributed by atoms with Gasteiger partial charge in [0.15, 0.2) is 0 Å². The highest BCUT2D eigenvalue weighted by Gasteiger charge is 2.28. The van der Waals surface area contributed by atoms with Crippen molar-refractivity contribution in [3.8, 4) is 5.75 Å². The van der Waals surface area contributed by atoms with Crippen LogP contribution >= 0.6 is 0 Å². The molecular weight excluding hydrogens is 234 g/mol. The van der Waals surface area contributed by atoms with Gasteiger partial charge in [-0.1, -0.05) is 18.2 Å². The first-order valence-electron chi connectivity index (χ1n) is 5.64. The summed E-state index contributed by atoms with van der Waals surface area (Å²) in [4.78, 5) is 22.3. The minimum Gasteiger partial charge on any atom is -0.493 e. The smallest absolute Gasteiger partial charge is 0.328 e. The molecule has 0 aliphatic heterocycles. The fourth-order valence-electron chi connectivity index (χ4n) is 1.24. The van der Waals surface area contributed by atoms with E-state index in [1.807, 2.05) is 18.2 Å². The molecule has 2 N–H and O–H groups in total. The van der Waals surface area contributed by atoms with Gasteiger partial charge in [-0.3, -0.25) is 4.79 Å². The molecule has 1 aromatic rings. The molecule has 1 rings (SSSR count). The van der Waals surface area contributed by atoms with Crippen molar-refractivity contribution in [1.29, 1.82) is 0 Å². The molecule has 1 amide bonds. The molecule has 0 heterocycles. The Bertz CT molecular complexity index is 414. The molecule has 98 valence electrons. The summed E-state index contributed by atoms with van der Waals surface area (Å²) in [5.74, 6) is -0.735. The molecule has 5 heteroatoms. The Labute approximate surface area is 106 Å². The number of benzene rings is 1. The monoisotopic (exact) mass is 251 g/mol. The maximum absolute atomic E-state index is 11.5. The fourth-order valence-corrected chi connectivity index (χ4v) is 1.24. The number of para-hydroxylation sites is 1. The van der Waals surface area contributed by atoms with Crippen LogP contribution < -0.4 is 10.1 Å². The topological polar surface area (TPSA) is 75.6 Å². The number of rotatable bonds is 6. The SMILES string of the molecule is CC(C)(NC(=O)CCOc1ccccc1)C(=O)O. The van der Waals surface area contributed by atoms with Gasteiger partial charge in [0.2, 0.25) is 5.91 Å². The summed E-state index contributed by atoms with van der Waals surface area (Å²) in [6, 6.07) is 9.12. The van der Waals surface area contributed by atoms with Crippen LogP contribution in [0, 0.1) is 0 Å². The average Bonchev–Trinajstić information content (AvgIpc) is 2.29. The van der Waals surface area contributed by atoms with E-state index in [2.05, 4.69) is 5.32 Å². The maximum atomic E-state index is 11.5. The van der Waals surface area contributed by atoms with Gasteiger partial charge in [0, 0.05) is 0 Å². The number of nitrogens with one attached hydrogen (secondary N) is 1. The van der Waals surface area contributed by atoms with Crippen molar-refractivity contribution in [3.63, 3.8) is 0 Å². The summed E-state index contributed by atoms with van der Waals surface area (Å²) in [5.41, 5.74) is -1.26. The van der Waals surface area contributed by atoms with Crippen LogP contribution in [0.4, 0.5) is 0 Å². The molecule has 0 fully saturated rings. The van der Waals surface area contributed by atoms with Gasteiger partial charge >= 0.3 is 5.97 Å². The van der Waals surface area contributed by atoms with Gasteiger partial charge in [0.05, 0.1) is 13.0 Å². The molecule has 18 heavy (non-hydrogen) atoms.